The predicted molar refractivity (Wildman–Crippen MR) is 105 cm³/mol. The van der Waals surface area contributed by atoms with Gasteiger partial charge < -0.3 is 10.2 Å². The number of nitrogens with zero attached hydrogens (tertiary/aromatic N) is 2. The molecule has 1 aromatic carbocycles. The van der Waals surface area contributed by atoms with Crippen LogP contribution in [0.4, 0.5) is 11.4 Å². The van der Waals surface area contributed by atoms with Crippen LogP contribution in [0.5, 0.6) is 0 Å². The third kappa shape index (κ3) is 3.51. The molecule has 1 heterocycles. The topological polar surface area (TPSA) is 79.4 Å². The van der Waals surface area contributed by atoms with E-state index >= 15 is 0 Å². The summed E-state index contributed by atoms with van der Waals surface area (Å²) in [6.45, 7) is 7.06. The molecule has 1 N–H and O–H groups in total. The van der Waals surface area contributed by atoms with Gasteiger partial charge in [0.2, 0.25) is 11.7 Å². The number of allylic oxidation sites excluding steroid dienone is 2. The van der Waals surface area contributed by atoms with Gasteiger partial charge >= 0.3 is 0 Å². The number of ketones is 2. The first-order valence-corrected chi connectivity index (χ1v) is 8.89. The maximum Gasteiger partial charge on any atom is 0.221 e. The molecule has 0 aliphatic heterocycles. The van der Waals surface area contributed by atoms with Crippen LogP contribution in [0.1, 0.15) is 47.2 Å². The fourth-order valence-electron chi connectivity index (χ4n) is 3.24. The van der Waals surface area contributed by atoms with E-state index in [1.807, 2.05) is 19.9 Å². The van der Waals surface area contributed by atoms with Gasteiger partial charge in [-0.1, -0.05) is 6.07 Å². The first-order chi connectivity index (χ1) is 13.0. The standard InChI is InChI=1S/C21H21N3O3/c1-4-24(5-2)18-9-8-14(11-17(18)23-13(3)25)16-12-19(26)20-15(21(16)27)7-6-10-22-20/h6-12H,4-5H2,1-3H3,(H,23,25). The molecule has 1 aliphatic rings. The number of carbonyl (C=O) groups excluding carboxylic acids is 3. The number of rotatable bonds is 5. The third-order valence-corrected chi connectivity index (χ3v) is 4.53. The molecular weight excluding hydrogens is 342 g/mol. The van der Waals surface area contributed by atoms with Gasteiger partial charge in [0.15, 0.2) is 5.78 Å². The second kappa shape index (κ2) is 7.53. The molecule has 0 spiro atoms. The van der Waals surface area contributed by atoms with Crippen LogP contribution in [0, 0.1) is 0 Å². The van der Waals surface area contributed by atoms with Gasteiger partial charge in [-0.3, -0.25) is 19.4 Å². The Morgan fingerprint density at radius 2 is 1.89 bits per heavy atom. The Hall–Kier alpha value is -3.28. The molecule has 0 bridgehead atoms. The molecule has 6 nitrogen and oxygen atoms in total. The minimum Gasteiger partial charge on any atom is -0.370 e. The van der Waals surface area contributed by atoms with E-state index in [1.54, 1.807) is 24.3 Å². The smallest absolute Gasteiger partial charge is 0.221 e. The van der Waals surface area contributed by atoms with E-state index in [0.717, 1.165) is 18.8 Å². The first kappa shape index (κ1) is 18.5. The predicted octanol–water partition coefficient (Wildman–Crippen LogP) is 3.35. The number of benzene rings is 1. The molecule has 0 unspecified atom stereocenters. The summed E-state index contributed by atoms with van der Waals surface area (Å²) in [6, 6.07) is 8.66. The number of hydrogen-bond acceptors (Lipinski definition) is 5. The van der Waals surface area contributed by atoms with Gasteiger partial charge in [-0.2, -0.15) is 0 Å². The normalized spacial score (nSPS) is 13.1. The van der Waals surface area contributed by atoms with E-state index in [1.165, 1.54) is 19.2 Å². The number of anilines is 2. The summed E-state index contributed by atoms with van der Waals surface area (Å²) in [6.07, 6.45) is 2.82. The molecule has 1 aliphatic carbocycles. The molecule has 6 heteroatoms. The summed E-state index contributed by atoms with van der Waals surface area (Å²) in [5, 5.41) is 2.83. The molecule has 138 valence electrons. The zero-order valence-electron chi connectivity index (χ0n) is 15.6. The van der Waals surface area contributed by atoms with Crippen LogP contribution in [0.15, 0.2) is 42.6 Å². The summed E-state index contributed by atoms with van der Waals surface area (Å²) in [4.78, 5) is 43.0. The molecule has 0 radical (unpaired) electrons. The molecule has 2 aromatic rings. The lowest BCUT2D eigenvalue weighted by atomic mass is 9.88. The highest BCUT2D eigenvalue weighted by atomic mass is 16.1. The fraction of sp³-hybridized carbons (Fsp3) is 0.238. The molecule has 1 amide bonds. The van der Waals surface area contributed by atoms with Crippen LogP contribution in [0.25, 0.3) is 5.57 Å². The van der Waals surface area contributed by atoms with E-state index in [-0.39, 0.29) is 23.2 Å². The molecule has 3 rings (SSSR count). The van der Waals surface area contributed by atoms with Gasteiger partial charge in [0.25, 0.3) is 0 Å². The largest absolute Gasteiger partial charge is 0.370 e. The fourth-order valence-corrected chi connectivity index (χ4v) is 3.24. The van der Waals surface area contributed by atoms with E-state index < -0.39 is 0 Å². The minimum absolute atomic E-state index is 0.174. The van der Waals surface area contributed by atoms with Gasteiger partial charge in [0.05, 0.1) is 16.9 Å². The SMILES string of the molecule is CCN(CC)c1ccc(C2=CC(=O)c3ncccc3C2=O)cc1NC(C)=O. The Bertz CT molecular complexity index is 959. The van der Waals surface area contributed by atoms with Gasteiger partial charge in [-0.25, -0.2) is 0 Å². The van der Waals surface area contributed by atoms with Crippen molar-refractivity contribution in [3.8, 4) is 0 Å². The monoisotopic (exact) mass is 363 g/mol. The minimum atomic E-state index is -0.297. The van der Waals surface area contributed by atoms with Crippen molar-refractivity contribution >= 4 is 34.4 Å². The van der Waals surface area contributed by atoms with Crippen LogP contribution >= 0.6 is 0 Å². The highest BCUT2D eigenvalue weighted by molar-refractivity contribution is 6.38. The number of aromatic nitrogens is 1. The Labute approximate surface area is 157 Å². The highest BCUT2D eigenvalue weighted by Gasteiger charge is 2.27. The van der Waals surface area contributed by atoms with E-state index in [4.69, 9.17) is 0 Å². The average molecular weight is 363 g/mol. The summed E-state index contributed by atoms with van der Waals surface area (Å²) >= 11 is 0. The second-order valence-electron chi connectivity index (χ2n) is 6.24. The van der Waals surface area contributed by atoms with Crippen LogP contribution in [0.2, 0.25) is 0 Å². The number of amides is 1. The van der Waals surface area contributed by atoms with Crippen molar-refractivity contribution in [2.45, 2.75) is 20.8 Å². The lowest BCUT2D eigenvalue weighted by molar-refractivity contribution is -0.114. The van der Waals surface area contributed by atoms with Crippen LogP contribution in [-0.2, 0) is 4.79 Å². The van der Waals surface area contributed by atoms with Crippen molar-refractivity contribution in [2.75, 3.05) is 23.3 Å². The second-order valence-corrected chi connectivity index (χ2v) is 6.24. The number of nitrogens with one attached hydrogen (secondary N) is 1. The van der Waals surface area contributed by atoms with Gasteiger partial charge in [-0.15, -0.1) is 0 Å². The van der Waals surface area contributed by atoms with E-state index in [9.17, 15) is 14.4 Å². The quantitative estimate of drug-likeness (QED) is 0.881. The van der Waals surface area contributed by atoms with Gasteiger partial charge in [0.1, 0.15) is 5.69 Å². The zero-order chi connectivity index (χ0) is 19.6. The average Bonchev–Trinajstić information content (AvgIpc) is 2.66. The molecule has 0 saturated heterocycles. The Morgan fingerprint density at radius 3 is 2.56 bits per heavy atom. The maximum atomic E-state index is 12.9. The summed E-state index contributed by atoms with van der Waals surface area (Å²) in [5.74, 6) is -0.744. The zero-order valence-corrected chi connectivity index (χ0v) is 15.6. The Morgan fingerprint density at radius 1 is 1.15 bits per heavy atom. The van der Waals surface area contributed by atoms with E-state index in [2.05, 4.69) is 15.2 Å². The number of Topliss-reactive ketones (excluding diaryl/α,β-unsaturated/α-hetero) is 1. The van der Waals surface area contributed by atoms with Crippen molar-refractivity contribution in [1.29, 1.82) is 0 Å². The number of fused-ring (bicyclic) bond motifs is 1. The van der Waals surface area contributed by atoms with Crippen molar-refractivity contribution in [2.24, 2.45) is 0 Å². The molecule has 27 heavy (non-hydrogen) atoms. The van der Waals surface area contributed by atoms with Crippen molar-refractivity contribution < 1.29 is 14.4 Å². The molecule has 1 aromatic heterocycles. The first-order valence-electron chi connectivity index (χ1n) is 8.89. The van der Waals surface area contributed by atoms with Crippen LogP contribution < -0.4 is 10.2 Å². The van der Waals surface area contributed by atoms with Crippen LogP contribution in [-0.4, -0.2) is 35.5 Å². The number of carbonyl (C=O) groups is 3. The lowest BCUT2D eigenvalue weighted by Crippen LogP contribution is -2.24. The lowest BCUT2D eigenvalue weighted by Gasteiger charge is -2.25. The van der Waals surface area contributed by atoms with E-state index in [0.29, 0.717) is 22.4 Å². The number of pyridine rings is 1. The van der Waals surface area contributed by atoms with Crippen molar-refractivity contribution in [1.82, 2.24) is 4.98 Å². The van der Waals surface area contributed by atoms with Crippen molar-refractivity contribution in [3.05, 3.63) is 59.4 Å². The summed E-state index contributed by atoms with van der Waals surface area (Å²) in [7, 11) is 0. The molecule has 0 fully saturated rings. The Kier molecular flexibility index (Phi) is 5.16. The number of hydrogen-bond donors (Lipinski definition) is 1. The Balaban J connectivity index is 2.09. The molecular formula is C21H21N3O3. The summed E-state index contributed by atoms with van der Waals surface area (Å²) in [5.41, 5.74) is 2.85. The molecule has 0 atom stereocenters. The van der Waals surface area contributed by atoms with Gasteiger partial charge in [-0.05, 0) is 49.8 Å². The molecule has 0 saturated carbocycles. The summed E-state index contributed by atoms with van der Waals surface area (Å²) < 4.78 is 0. The van der Waals surface area contributed by atoms with Crippen molar-refractivity contribution in [3.63, 3.8) is 0 Å². The van der Waals surface area contributed by atoms with Crippen LogP contribution in [0.3, 0.4) is 0 Å². The highest BCUT2D eigenvalue weighted by Crippen LogP contribution is 2.33. The third-order valence-electron chi connectivity index (χ3n) is 4.53. The maximum absolute atomic E-state index is 12.9. The van der Waals surface area contributed by atoms with Gasteiger partial charge in [0, 0.05) is 31.8 Å².